The molecule has 0 saturated heterocycles. The zero-order chi connectivity index (χ0) is 26.6. The third kappa shape index (κ3) is 5.34. The number of nitrogens with one attached hydrogen (secondary N) is 1. The van der Waals surface area contributed by atoms with Gasteiger partial charge >= 0.3 is 0 Å². The smallest absolute Gasteiger partial charge is 0.253 e. The third-order valence-corrected chi connectivity index (χ3v) is 8.93. The van der Waals surface area contributed by atoms with E-state index in [0.717, 1.165) is 42.3 Å². The van der Waals surface area contributed by atoms with Gasteiger partial charge in [0.1, 0.15) is 5.75 Å². The maximum Gasteiger partial charge on any atom is 0.253 e. The number of amides is 1. The fraction of sp³-hybridized carbons (Fsp3) is 0.656. The van der Waals surface area contributed by atoms with Gasteiger partial charge in [-0.2, -0.15) is 0 Å². The Labute approximate surface area is 223 Å². The highest BCUT2D eigenvalue weighted by molar-refractivity contribution is 5.97. The van der Waals surface area contributed by atoms with Gasteiger partial charge in [0.05, 0.1) is 12.2 Å². The molecule has 2 saturated carbocycles. The Morgan fingerprint density at radius 3 is 2.41 bits per heavy atom. The maximum atomic E-state index is 13.4. The minimum absolute atomic E-state index is 0.0315. The summed E-state index contributed by atoms with van der Waals surface area (Å²) in [6, 6.07) is 6.87. The Hall–Kier alpha value is -2.27. The van der Waals surface area contributed by atoms with Crippen molar-refractivity contribution >= 4 is 5.91 Å². The number of carbonyl (C=O) groups excluding carboxylic acids is 1. The van der Waals surface area contributed by atoms with E-state index < -0.39 is 5.54 Å². The molecule has 5 heteroatoms. The summed E-state index contributed by atoms with van der Waals surface area (Å²) in [7, 11) is 0. The number of fused-ring (bicyclic) bond motifs is 2. The molecule has 0 atom stereocenters. The van der Waals surface area contributed by atoms with Crippen molar-refractivity contribution < 1.29 is 9.53 Å². The first kappa shape index (κ1) is 26.3. The van der Waals surface area contributed by atoms with E-state index in [-0.39, 0.29) is 16.7 Å². The van der Waals surface area contributed by atoms with Crippen LogP contribution in [0.1, 0.15) is 113 Å². The van der Waals surface area contributed by atoms with E-state index in [0.29, 0.717) is 12.5 Å². The summed E-state index contributed by atoms with van der Waals surface area (Å²) in [6.45, 7) is 15.1. The molecule has 1 amide bonds. The number of ether oxygens (including phenoxy) is 1. The van der Waals surface area contributed by atoms with Crippen LogP contribution < -0.4 is 15.8 Å². The topological polar surface area (TPSA) is 69.3 Å². The number of hydrogen-bond acceptors (Lipinski definition) is 3. The summed E-state index contributed by atoms with van der Waals surface area (Å²) in [5.41, 5.74) is 12.9. The summed E-state index contributed by atoms with van der Waals surface area (Å²) in [5, 5.41) is 3.09. The minimum atomic E-state index is -0.449. The van der Waals surface area contributed by atoms with Crippen LogP contribution in [0.3, 0.4) is 0 Å². The van der Waals surface area contributed by atoms with Crippen molar-refractivity contribution in [3.63, 3.8) is 0 Å². The molecule has 1 aromatic carbocycles. The number of benzene rings is 1. The molecule has 1 spiro atoms. The number of nitrogens with two attached hydrogens (primary N) is 1. The normalized spacial score (nSPS) is 19.4. The van der Waals surface area contributed by atoms with Crippen LogP contribution in [0.4, 0.5) is 0 Å². The molecule has 2 aromatic rings. The van der Waals surface area contributed by atoms with Crippen LogP contribution in [0.15, 0.2) is 18.2 Å². The van der Waals surface area contributed by atoms with E-state index >= 15 is 0 Å². The summed E-state index contributed by atoms with van der Waals surface area (Å²) in [5.74, 6) is 1.75. The van der Waals surface area contributed by atoms with Crippen LogP contribution in [0, 0.1) is 12.8 Å². The van der Waals surface area contributed by atoms with Crippen LogP contribution in [0.2, 0.25) is 0 Å². The molecule has 5 rings (SSSR count). The minimum Gasteiger partial charge on any atom is -0.493 e. The lowest BCUT2D eigenvalue weighted by Gasteiger charge is -2.33. The van der Waals surface area contributed by atoms with Crippen LogP contribution in [0.5, 0.6) is 5.75 Å². The first-order chi connectivity index (χ1) is 17.4. The lowest BCUT2D eigenvalue weighted by Crippen LogP contribution is -2.45. The van der Waals surface area contributed by atoms with Crippen molar-refractivity contribution in [1.29, 1.82) is 0 Å². The van der Waals surface area contributed by atoms with Crippen molar-refractivity contribution in [2.75, 3.05) is 13.2 Å². The quantitative estimate of drug-likeness (QED) is 0.463. The number of carbonyl (C=O) groups is 1. The first-order valence-corrected chi connectivity index (χ1v) is 14.5. The van der Waals surface area contributed by atoms with Gasteiger partial charge in [0.25, 0.3) is 5.91 Å². The Bertz CT molecular complexity index is 1150. The molecular formula is C32H47N3O2. The molecule has 202 valence electrons. The largest absolute Gasteiger partial charge is 0.493 e. The molecule has 3 N–H and O–H groups in total. The number of hydrogen-bond donors (Lipinski definition) is 2. The molecule has 2 fully saturated rings. The molecule has 37 heavy (non-hydrogen) atoms. The van der Waals surface area contributed by atoms with E-state index in [1.807, 2.05) is 13.8 Å². The Balaban J connectivity index is 1.62. The maximum absolute atomic E-state index is 13.4. The van der Waals surface area contributed by atoms with Gasteiger partial charge < -0.3 is 20.4 Å². The molecule has 0 radical (unpaired) electrons. The molecule has 0 bridgehead atoms. The van der Waals surface area contributed by atoms with E-state index in [2.05, 4.69) is 55.8 Å². The van der Waals surface area contributed by atoms with E-state index in [1.165, 1.54) is 61.6 Å². The average Bonchev–Trinajstić information content (AvgIpc) is 3.53. The molecule has 3 aliphatic rings. The SMILES string of the molecule is Cc1c(C(=O)NCC(C)(C)N)cc(-c2cc(C(C)(C)C)c3c(c2)C2(CCO3)CC2)n1CC1CCCCC1. The Morgan fingerprint density at radius 1 is 1.08 bits per heavy atom. The molecule has 2 aliphatic carbocycles. The van der Waals surface area contributed by atoms with Crippen molar-refractivity contribution in [3.8, 4) is 17.0 Å². The molecule has 2 heterocycles. The highest BCUT2D eigenvalue weighted by Gasteiger charge is 2.49. The molecule has 0 unspecified atom stereocenters. The van der Waals surface area contributed by atoms with Gasteiger partial charge in [0.2, 0.25) is 0 Å². The van der Waals surface area contributed by atoms with Gasteiger partial charge in [-0.3, -0.25) is 4.79 Å². The second-order valence-corrected chi connectivity index (χ2v) is 13.8. The lowest BCUT2D eigenvalue weighted by atomic mass is 9.79. The first-order valence-electron chi connectivity index (χ1n) is 14.5. The predicted octanol–water partition coefficient (Wildman–Crippen LogP) is 6.62. The molecular weight excluding hydrogens is 458 g/mol. The number of rotatable bonds is 6. The fourth-order valence-corrected chi connectivity index (χ4v) is 6.42. The highest BCUT2D eigenvalue weighted by atomic mass is 16.5. The Kier molecular flexibility index (Phi) is 6.75. The molecule has 1 aliphatic heterocycles. The molecule has 5 nitrogen and oxygen atoms in total. The van der Waals surface area contributed by atoms with Gasteiger partial charge in [0.15, 0.2) is 0 Å². The second-order valence-electron chi connectivity index (χ2n) is 13.8. The van der Waals surface area contributed by atoms with Gasteiger partial charge in [-0.1, -0.05) is 40.0 Å². The Morgan fingerprint density at radius 2 is 1.78 bits per heavy atom. The van der Waals surface area contributed by atoms with Crippen LogP contribution >= 0.6 is 0 Å². The summed E-state index contributed by atoms with van der Waals surface area (Å²) >= 11 is 0. The zero-order valence-electron chi connectivity index (χ0n) is 23.9. The van der Waals surface area contributed by atoms with Crippen LogP contribution in [0.25, 0.3) is 11.3 Å². The van der Waals surface area contributed by atoms with E-state index in [1.54, 1.807) is 0 Å². The van der Waals surface area contributed by atoms with E-state index in [9.17, 15) is 4.79 Å². The van der Waals surface area contributed by atoms with Gasteiger partial charge in [-0.05, 0) is 88.0 Å². The highest BCUT2D eigenvalue weighted by Crippen LogP contribution is 2.58. The fourth-order valence-electron chi connectivity index (χ4n) is 6.42. The number of aromatic nitrogens is 1. The van der Waals surface area contributed by atoms with Gasteiger partial charge in [-0.15, -0.1) is 0 Å². The summed E-state index contributed by atoms with van der Waals surface area (Å²) in [4.78, 5) is 13.4. The van der Waals surface area contributed by atoms with Gasteiger partial charge in [0, 0.05) is 46.6 Å². The summed E-state index contributed by atoms with van der Waals surface area (Å²) in [6.07, 6.45) is 10.1. The van der Waals surface area contributed by atoms with Crippen molar-refractivity contribution in [2.24, 2.45) is 11.7 Å². The summed E-state index contributed by atoms with van der Waals surface area (Å²) < 4.78 is 8.79. The standard InChI is InChI=1S/C32H47N3O2/c1-21-24(29(36)34-20-31(5,6)33)18-27(35(21)19-22-10-8-7-9-11-22)23-16-25(30(2,3)4)28-26(17-23)32(12-13-32)14-15-37-28/h16-18,22H,7-15,19-20,33H2,1-6H3,(H,34,36). The zero-order valence-corrected chi connectivity index (χ0v) is 23.9. The van der Waals surface area contributed by atoms with Crippen LogP contribution in [-0.4, -0.2) is 29.2 Å². The molecule has 1 aromatic heterocycles. The van der Waals surface area contributed by atoms with Gasteiger partial charge in [-0.25, -0.2) is 0 Å². The van der Waals surface area contributed by atoms with Crippen molar-refractivity contribution in [1.82, 2.24) is 9.88 Å². The monoisotopic (exact) mass is 505 g/mol. The van der Waals surface area contributed by atoms with E-state index in [4.69, 9.17) is 10.5 Å². The second kappa shape index (κ2) is 9.48. The third-order valence-electron chi connectivity index (χ3n) is 8.93. The average molecular weight is 506 g/mol. The lowest BCUT2D eigenvalue weighted by molar-refractivity contribution is 0.0945. The van der Waals surface area contributed by atoms with Crippen LogP contribution in [-0.2, 0) is 17.4 Å². The number of nitrogens with zero attached hydrogens (tertiary/aromatic N) is 1. The van der Waals surface area contributed by atoms with Crippen molar-refractivity contribution in [3.05, 3.63) is 40.6 Å². The predicted molar refractivity (Wildman–Crippen MR) is 152 cm³/mol. The van der Waals surface area contributed by atoms with Crippen molar-refractivity contribution in [2.45, 2.75) is 116 Å².